The maximum atomic E-state index is 5.56. The van der Waals surface area contributed by atoms with Gasteiger partial charge in [0.15, 0.2) is 0 Å². The highest BCUT2D eigenvalue weighted by atomic mass is 16.5. The van der Waals surface area contributed by atoms with E-state index in [1.54, 1.807) is 13.3 Å². The van der Waals surface area contributed by atoms with Crippen LogP contribution in [0.25, 0.3) is 10.8 Å². The summed E-state index contributed by atoms with van der Waals surface area (Å²) < 4.78 is 10.8. The van der Waals surface area contributed by atoms with E-state index in [0.717, 1.165) is 35.5 Å². The molecule has 108 valence electrons. The van der Waals surface area contributed by atoms with Crippen molar-refractivity contribution in [2.24, 2.45) is 5.92 Å². The molecular formula is C16H22N2O2. The first-order valence-electron chi connectivity index (χ1n) is 6.95. The summed E-state index contributed by atoms with van der Waals surface area (Å²) in [6.45, 7) is 6.53. The summed E-state index contributed by atoms with van der Waals surface area (Å²) in [5.74, 6) is 2.31. The minimum Gasteiger partial charge on any atom is -0.497 e. The number of fused-ring (bicyclic) bond motifs is 1. The van der Waals surface area contributed by atoms with Crippen molar-refractivity contribution in [3.63, 3.8) is 0 Å². The van der Waals surface area contributed by atoms with Gasteiger partial charge in [-0.25, -0.2) is 4.98 Å². The summed E-state index contributed by atoms with van der Waals surface area (Å²) >= 11 is 0. The third kappa shape index (κ3) is 3.84. The summed E-state index contributed by atoms with van der Waals surface area (Å²) in [5.41, 5.74) is 0. The van der Waals surface area contributed by atoms with Gasteiger partial charge >= 0.3 is 0 Å². The van der Waals surface area contributed by atoms with Gasteiger partial charge in [-0.05, 0) is 35.6 Å². The smallest absolute Gasteiger partial charge is 0.133 e. The van der Waals surface area contributed by atoms with Gasteiger partial charge < -0.3 is 14.8 Å². The Morgan fingerprint density at radius 3 is 2.85 bits per heavy atom. The summed E-state index contributed by atoms with van der Waals surface area (Å²) in [7, 11) is 1.67. The molecule has 0 bridgehead atoms. The fraction of sp³-hybridized carbons (Fsp3) is 0.438. The fourth-order valence-electron chi connectivity index (χ4n) is 1.98. The van der Waals surface area contributed by atoms with Crippen molar-refractivity contribution in [1.82, 2.24) is 4.98 Å². The molecule has 0 saturated carbocycles. The summed E-state index contributed by atoms with van der Waals surface area (Å²) in [6, 6.07) is 7.97. The van der Waals surface area contributed by atoms with Crippen LogP contribution in [0.5, 0.6) is 5.75 Å². The lowest BCUT2D eigenvalue weighted by molar-refractivity contribution is 0.118. The summed E-state index contributed by atoms with van der Waals surface area (Å²) in [5, 5.41) is 5.53. The van der Waals surface area contributed by atoms with E-state index in [1.807, 2.05) is 24.3 Å². The standard InChI is InChI=1S/C16H22N2O2/c1-12(2)11-20-9-8-18-16-15-5-4-14(19-3)10-13(15)6-7-17-16/h4-7,10,12H,8-9,11H2,1-3H3,(H,17,18). The van der Waals surface area contributed by atoms with Crippen molar-refractivity contribution in [3.05, 3.63) is 30.5 Å². The van der Waals surface area contributed by atoms with Crippen LogP contribution < -0.4 is 10.1 Å². The molecule has 20 heavy (non-hydrogen) atoms. The van der Waals surface area contributed by atoms with Crippen molar-refractivity contribution < 1.29 is 9.47 Å². The lowest BCUT2D eigenvalue weighted by Gasteiger charge is -2.11. The van der Waals surface area contributed by atoms with Gasteiger partial charge in [0, 0.05) is 24.7 Å². The van der Waals surface area contributed by atoms with Crippen LogP contribution in [-0.4, -0.2) is 31.9 Å². The van der Waals surface area contributed by atoms with Crippen LogP contribution >= 0.6 is 0 Å². The quantitative estimate of drug-likeness (QED) is 0.786. The zero-order valence-corrected chi connectivity index (χ0v) is 12.3. The molecule has 1 N–H and O–H groups in total. The number of benzene rings is 1. The monoisotopic (exact) mass is 274 g/mol. The lowest BCUT2D eigenvalue weighted by Crippen LogP contribution is -2.13. The SMILES string of the molecule is COc1ccc2c(NCCOCC(C)C)nccc2c1. The van der Waals surface area contributed by atoms with Gasteiger partial charge in [0.25, 0.3) is 0 Å². The molecule has 1 heterocycles. The molecule has 4 nitrogen and oxygen atoms in total. The topological polar surface area (TPSA) is 43.4 Å². The van der Waals surface area contributed by atoms with Crippen molar-refractivity contribution in [2.45, 2.75) is 13.8 Å². The van der Waals surface area contributed by atoms with Gasteiger partial charge in [-0.15, -0.1) is 0 Å². The predicted octanol–water partition coefficient (Wildman–Crippen LogP) is 3.33. The molecule has 0 amide bonds. The molecule has 0 spiro atoms. The van der Waals surface area contributed by atoms with E-state index in [4.69, 9.17) is 9.47 Å². The Labute approximate surface area is 120 Å². The largest absolute Gasteiger partial charge is 0.497 e. The number of nitrogens with one attached hydrogen (secondary N) is 1. The van der Waals surface area contributed by atoms with Gasteiger partial charge in [-0.2, -0.15) is 0 Å². The molecule has 2 rings (SSSR count). The van der Waals surface area contributed by atoms with E-state index >= 15 is 0 Å². The highest BCUT2D eigenvalue weighted by Gasteiger charge is 2.03. The molecule has 0 aliphatic rings. The molecule has 0 fully saturated rings. The molecular weight excluding hydrogens is 252 g/mol. The Morgan fingerprint density at radius 2 is 2.10 bits per heavy atom. The maximum absolute atomic E-state index is 5.56. The summed E-state index contributed by atoms with van der Waals surface area (Å²) in [4.78, 5) is 4.39. The molecule has 0 aliphatic carbocycles. The fourth-order valence-corrected chi connectivity index (χ4v) is 1.98. The van der Waals surface area contributed by atoms with Crippen LogP contribution in [0, 0.1) is 5.92 Å². The van der Waals surface area contributed by atoms with Crippen molar-refractivity contribution >= 4 is 16.6 Å². The van der Waals surface area contributed by atoms with Gasteiger partial charge in [0.2, 0.25) is 0 Å². The van der Waals surface area contributed by atoms with Gasteiger partial charge in [-0.1, -0.05) is 13.8 Å². The van der Waals surface area contributed by atoms with E-state index < -0.39 is 0 Å². The van der Waals surface area contributed by atoms with Gasteiger partial charge in [0.1, 0.15) is 11.6 Å². The van der Waals surface area contributed by atoms with Gasteiger partial charge in [0.05, 0.1) is 13.7 Å². The van der Waals surface area contributed by atoms with Crippen molar-refractivity contribution in [1.29, 1.82) is 0 Å². The van der Waals surface area contributed by atoms with Crippen molar-refractivity contribution in [3.8, 4) is 5.75 Å². The molecule has 0 aliphatic heterocycles. The number of hydrogen-bond donors (Lipinski definition) is 1. The number of rotatable bonds is 7. The van der Waals surface area contributed by atoms with Crippen LogP contribution in [0.2, 0.25) is 0 Å². The molecule has 0 saturated heterocycles. The van der Waals surface area contributed by atoms with Crippen LogP contribution in [-0.2, 0) is 4.74 Å². The Morgan fingerprint density at radius 1 is 1.25 bits per heavy atom. The Hall–Kier alpha value is -1.81. The van der Waals surface area contributed by atoms with E-state index in [2.05, 4.69) is 24.1 Å². The second-order valence-electron chi connectivity index (χ2n) is 5.14. The normalized spacial score (nSPS) is 11.0. The van der Waals surface area contributed by atoms with Gasteiger partial charge in [-0.3, -0.25) is 0 Å². The number of pyridine rings is 1. The average molecular weight is 274 g/mol. The first-order valence-corrected chi connectivity index (χ1v) is 6.95. The molecule has 1 aromatic heterocycles. The second-order valence-corrected chi connectivity index (χ2v) is 5.14. The highest BCUT2D eigenvalue weighted by molar-refractivity contribution is 5.92. The van der Waals surface area contributed by atoms with Crippen LogP contribution in [0.3, 0.4) is 0 Å². The third-order valence-electron chi connectivity index (χ3n) is 2.96. The molecule has 0 unspecified atom stereocenters. The first-order chi connectivity index (χ1) is 9.70. The molecule has 0 atom stereocenters. The number of hydrogen-bond acceptors (Lipinski definition) is 4. The number of aromatic nitrogens is 1. The zero-order chi connectivity index (χ0) is 14.4. The van der Waals surface area contributed by atoms with Crippen LogP contribution in [0.1, 0.15) is 13.8 Å². The zero-order valence-electron chi connectivity index (χ0n) is 12.3. The van der Waals surface area contributed by atoms with Crippen LogP contribution in [0.4, 0.5) is 5.82 Å². The molecule has 4 heteroatoms. The van der Waals surface area contributed by atoms with Crippen molar-refractivity contribution in [2.75, 3.05) is 32.2 Å². The first kappa shape index (κ1) is 14.6. The number of anilines is 1. The maximum Gasteiger partial charge on any atom is 0.133 e. The third-order valence-corrected chi connectivity index (χ3v) is 2.96. The molecule has 0 radical (unpaired) electrons. The minimum absolute atomic E-state index is 0.568. The van der Waals surface area contributed by atoms with E-state index in [0.29, 0.717) is 12.5 Å². The lowest BCUT2D eigenvalue weighted by atomic mass is 10.1. The van der Waals surface area contributed by atoms with E-state index in [1.165, 1.54) is 0 Å². The van der Waals surface area contributed by atoms with E-state index in [-0.39, 0.29) is 0 Å². The van der Waals surface area contributed by atoms with Crippen LogP contribution in [0.15, 0.2) is 30.5 Å². The number of ether oxygens (including phenoxy) is 2. The Balaban J connectivity index is 1.99. The Bertz CT molecular complexity index is 555. The predicted molar refractivity (Wildman–Crippen MR) is 82.4 cm³/mol. The second kappa shape index (κ2) is 7.10. The molecule has 2 aromatic rings. The average Bonchev–Trinajstić information content (AvgIpc) is 2.46. The van der Waals surface area contributed by atoms with E-state index in [9.17, 15) is 0 Å². The summed E-state index contributed by atoms with van der Waals surface area (Å²) in [6.07, 6.45) is 1.80. The number of nitrogens with zero attached hydrogens (tertiary/aromatic N) is 1. The Kier molecular flexibility index (Phi) is 5.18. The highest BCUT2D eigenvalue weighted by Crippen LogP contribution is 2.25. The number of methoxy groups -OCH3 is 1. The minimum atomic E-state index is 0.568. The molecule has 1 aromatic carbocycles.